The molecule has 0 saturated carbocycles. The van der Waals surface area contributed by atoms with Crippen LogP contribution in [0.15, 0.2) is 0 Å². The fourth-order valence-electron chi connectivity index (χ4n) is 0.745. The lowest BCUT2D eigenvalue weighted by molar-refractivity contribution is -0.170. The van der Waals surface area contributed by atoms with Crippen molar-refractivity contribution in [3.8, 4) is 0 Å². The standard InChI is InChI=1S/C7H12F2O2/c1-5(2)4-7(8,9)6(10)11-3/h5H,4H2,1-3H3. The maximum Gasteiger partial charge on any atom is 0.376 e. The van der Waals surface area contributed by atoms with E-state index in [-0.39, 0.29) is 5.92 Å². The number of esters is 1. The minimum absolute atomic E-state index is 0.218. The van der Waals surface area contributed by atoms with Crippen molar-refractivity contribution in [2.45, 2.75) is 26.2 Å². The van der Waals surface area contributed by atoms with E-state index in [1.165, 1.54) is 0 Å². The fourth-order valence-corrected chi connectivity index (χ4v) is 0.745. The van der Waals surface area contributed by atoms with Crippen LogP contribution in [0.25, 0.3) is 0 Å². The summed E-state index contributed by atoms with van der Waals surface area (Å²) < 4.78 is 29.1. The number of alkyl halides is 2. The van der Waals surface area contributed by atoms with Gasteiger partial charge in [-0.2, -0.15) is 8.78 Å². The van der Waals surface area contributed by atoms with Crippen molar-refractivity contribution in [1.82, 2.24) is 0 Å². The van der Waals surface area contributed by atoms with Gasteiger partial charge in [0, 0.05) is 6.42 Å². The Morgan fingerprint density at radius 2 is 2.00 bits per heavy atom. The molecule has 0 aliphatic heterocycles. The number of carbonyl (C=O) groups is 1. The number of ether oxygens (including phenoxy) is 1. The van der Waals surface area contributed by atoms with Crippen LogP contribution in [0.4, 0.5) is 8.78 Å². The zero-order valence-electron chi connectivity index (χ0n) is 6.86. The third-order valence-corrected chi connectivity index (χ3v) is 1.15. The van der Waals surface area contributed by atoms with Gasteiger partial charge in [-0.3, -0.25) is 0 Å². The number of rotatable bonds is 3. The van der Waals surface area contributed by atoms with Crippen LogP contribution in [0.3, 0.4) is 0 Å². The molecule has 0 saturated heterocycles. The Hall–Kier alpha value is -0.670. The Morgan fingerprint density at radius 3 is 2.27 bits per heavy atom. The first-order chi connectivity index (χ1) is 4.90. The lowest BCUT2D eigenvalue weighted by atomic mass is 10.1. The average molecular weight is 166 g/mol. The monoisotopic (exact) mass is 166 g/mol. The molecule has 0 aliphatic carbocycles. The van der Waals surface area contributed by atoms with Gasteiger partial charge in [0.2, 0.25) is 0 Å². The summed E-state index contributed by atoms with van der Waals surface area (Å²) in [5.74, 6) is -5.00. The minimum atomic E-state index is -3.33. The third kappa shape index (κ3) is 3.30. The van der Waals surface area contributed by atoms with E-state index in [1.807, 2.05) is 0 Å². The van der Waals surface area contributed by atoms with E-state index >= 15 is 0 Å². The fraction of sp³-hybridized carbons (Fsp3) is 0.857. The van der Waals surface area contributed by atoms with E-state index < -0.39 is 18.3 Å². The highest BCUT2D eigenvalue weighted by Gasteiger charge is 2.40. The molecule has 0 N–H and O–H groups in total. The molecule has 0 rings (SSSR count). The molecule has 4 heteroatoms. The molecule has 0 amide bonds. The lowest BCUT2D eigenvalue weighted by Crippen LogP contribution is -2.31. The van der Waals surface area contributed by atoms with Crippen molar-refractivity contribution in [3.63, 3.8) is 0 Å². The quantitative estimate of drug-likeness (QED) is 0.598. The Morgan fingerprint density at radius 1 is 1.55 bits per heavy atom. The second-order valence-electron chi connectivity index (χ2n) is 2.79. The number of hydrogen-bond acceptors (Lipinski definition) is 2. The van der Waals surface area contributed by atoms with E-state index in [9.17, 15) is 13.6 Å². The van der Waals surface area contributed by atoms with Crippen molar-refractivity contribution in [1.29, 1.82) is 0 Å². The summed E-state index contributed by atoms with van der Waals surface area (Å²) >= 11 is 0. The largest absolute Gasteiger partial charge is 0.465 e. The zero-order chi connectivity index (χ0) is 9.07. The van der Waals surface area contributed by atoms with E-state index in [0.717, 1.165) is 7.11 Å². The van der Waals surface area contributed by atoms with Crippen molar-refractivity contribution >= 4 is 5.97 Å². The zero-order valence-corrected chi connectivity index (χ0v) is 6.86. The molecule has 0 fully saturated rings. The highest BCUT2D eigenvalue weighted by atomic mass is 19.3. The summed E-state index contributed by atoms with van der Waals surface area (Å²) in [6.07, 6.45) is -0.459. The molecule has 0 aromatic carbocycles. The highest BCUT2D eigenvalue weighted by Crippen LogP contribution is 2.24. The maximum atomic E-state index is 12.6. The molecule has 0 radical (unpaired) electrons. The molecule has 0 heterocycles. The Bertz CT molecular complexity index is 143. The number of carbonyl (C=O) groups excluding carboxylic acids is 1. The van der Waals surface area contributed by atoms with Gasteiger partial charge in [-0.15, -0.1) is 0 Å². The van der Waals surface area contributed by atoms with Crippen LogP contribution in [-0.4, -0.2) is 19.0 Å². The van der Waals surface area contributed by atoms with Gasteiger partial charge < -0.3 is 4.74 Å². The van der Waals surface area contributed by atoms with Gasteiger partial charge in [0.1, 0.15) is 0 Å². The SMILES string of the molecule is COC(=O)C(F)(F)CC(C)C. The van der Waals surface area contributed by atoms with Gasteiger partial charge in [0.15, 0.2) is 0 Å². The predicted molar refractivity (Wildman–Crippen MR) is 36.4 cm³/mol. The summed E-state index contributed by atoms with van der Waals surface area (Å²) in [5, 5.41) is 0. The van der Waals surface area contributed by atoms with Gasteiger partial charge in [-0.1, -0.05) is 13.8 Å². The first-order valence-electron chi connectivity index (χ1n) is 3.36. The third-order valence-electron chi connectivity index (χ3n) is 1.15. The van der Waals surface area contributed by atoms with Crippen LogP contribution < -0.4 is 0 Å². The molecule has 11 heavy (non-hydrogen) atoms. The smallest absolute Gasteiger partial charge is 0.376 e. The molecular formula is C7H12F2O2. The van der Waals surface area contributed by atoms with E-state index in [2.05, 4.69) is 4.74 Å². The van der Waals surface area contributed by atoms with Crippen molar-refractivity contribution in [3.05, 3.63) is 0 Å². The van der Waals surface area contributed by atoms with Gasteiger partial charge in [-0.25, -0.2) is 4.79 Å². The highest BCUT2D eigenvalue weighted by molar-refractivity contribution is 5.77. The molecule has 66 valence electrons. The molecule has 0 unspecified atom stereocenters. The molecule has 0 aromatic heterocycles. The molecule has 0 bridgehead atoms. The Balaban J connectivity index is 4.09. The molecular weight excluding hydrogens is 154 g/mol. The van der Waals surface area contributed by atoms with Crippen molar-refractivity contribution in [2.24, 2.45) is 5.92 Å². The van der Waals surface area contributed by atoms with Crippen molar-refractivity contribution in [2.75, 3.05) is 7.11 Å². The Labute approximate surface area is 64.5 Å². The molecule has 2 nitrogen and oxygen atoms in total. The van der Waals surface area contributed by atoms with Crippen LogP contribution >= 0.6 is 0 Å². The van der Waals surface area contributed by atoms with Gasteiger partial charge >= 0.3 is 11.9 Å². The number of hydrogen-bond donors (Lipinski definition) is 0. The second kappa shape index (κ2) is 3.64. The number of methoxy groups -OCH3 is 1. The Kier molecular flexibility index (Phi) is 3.42. The van der Waals surface area contributed by atoms with Crippen LogP contribution in [-0.2, 0) is 9.53 Å². The van der Waals surface area contributed by atoms with E-state index in [4.69, 9.17) is 0 Å². The summed E-state index contributed by atoms with van der Waals surface area (Å²) in [5.41, 5.74) is 0. The van der Waals surface area contributed by atoms with Gasteiger partial charge in [0.25, 0.3) is 0 Å². The van der Waals surface area contributed by atoms with E-state index in [0.29, 0.717) is 0 Å². The lowest BCUT2D eigenvalue weighted by Gasteiger charge is -2.14. The van der Waals surface area contributed by atoms with Gasteiger partial charge in [0.05, 0.1) is 7.11 Å². The normalized spacial score (nSPS) is 11.8. The topological polar surface area (TPSA) is 26.3 Å². The molecule has 0 aliphatic rings. The molecule has 0 aromatic rings. The predicted octanol–water partition coefficient (Wildman–Crippen LogP) is 1.84. The molecule has 0 atom stereocenters. The summed E-state index contributed by atoms with van der Waals surface area (Å²) in [4.78, 5) is 10.4. The first kappa shape index (κ1) is 10.3. The van der Waals surface area contributed by atoms with Crippen LogP contribution in [0.5, 0.6) is 0 Å². The minimum Gasteiger partial charge on any atom is -0.465 e. The average Bonchev–Trinajstić information content (AvgIpc) is 1.83. The number of halogens is 2. The summed E-state index contributed by atoms with van der Waals surface area (Å²) in [6.45, 7) is 3.24. The summed E-state index contributed by atoms with van der Waals surface area (Å²) in [7, 11) is 0.955. The van der Waals surface area contributed by atoms with Crippen LogP contribution in [0, 0.1) is 5.92 Å². The maximum absolute atomic E-state index is 12.6. The van der Waals surface area contributed by atoms with Gasteiger partial charge in [-0.05, 0) is 5.92 Å². The second-order valence-corrected chi connectivity index (χ2v) is 2.79. The summed E-state index contributed by atoms with van der Waals surface area (Å²) in [6, 6.07) is 0. The van der Waals surface area contributed by atoms with Crippen LogP contribution in [0.1, 0.15) is 20.3 Å². The first-order valence-corrected chi connectivity index (χ1v) is 3.36. The van der Waals surface area contributed by atoms with E-state index in [1.54, 1.807) is 13.8 Å². The molecule has 0 spiro atoms. The van der Waals surface area contributed by atoms with Crippen LogP contribution in [0.2, 0.25) is 0 Å². The van der Waals surface area contributed by atoms with Crippen molar-refractivity contribution < 1.29 is 18.3 Å².